The summed E-state index contributed by atoms with van der Waals surface area (Å²) in [6, 6.07) is 0.195. The largest absolute Gasteiger partial charge is 0.353 e. The van der Waals surface area contributed by atoms with Crippen LogP contribution in [0.5, 0.6) is 0 Å². The Balaban J connectivity index is 3.77. The number of nitrogens with one attached hydrogen (secondary N) is 1. The molecule has 0 aromatic heterocycles. The van der Waals surface area contributed by atoms with Crippen LogP contribution < -0.4 is 11.1 Å². The number of carbonyl (C=O) groups excluding carboxylic acids is 1. The van der Waals surface area contributed by atoms with E-state index in [0.29, 0.717) is 12.3 Å². The molecular weight excluding hydrogens is 164 g/mol. The van der Waals surface area contributed by atoms with Gasteiger partial charge in [0.05, 0.1) is 0 Å². The first-order valence-electron chi connectivity index (χ1n) is 5.02. The third-order valence-corrected chi connectivity index (χ3v) is 2.39. The van der Waals surface area contributed by atoms with Crippen LogP contribution >= 0.6 is 0 Å². The van der Waals surface area contributed by atoms with Gasteiger partial charge in [-0.3, -0.25) is 4.79 Å². The molecule has 3 atom stereocenters. The minimum Gasteiger partial charge on any atom is -0.353 e. The number of hydrogen-bond acceptors (Lipinski definition) is 2. The molecule has 13 heavy (non-hydrogen) atoms. The molecule has 1 amide bonds. The van der Waals surface area contributed by atoms with Crippen molar-refractivity contribution >= 4 is 5.91 Å². The average Bonchev–Trinajstić information content (AvgIpc) is 2.01. The van der Waals surface area contributed by atoms with Crippen molar-refractivity contribution in [1.82, 2.24) is 5.32 Å². The Labute approximate surface area is 81.1 Å². The third kappa shape index (κ3) is 5.64. The molecule has 0 rings (SSSR count). The van der Waals surface area contributed by atoms with Gasteiger partial charge in [0.15, 0.2) is 0 Å². The van der Waals surface area contributed by atoms with Crippen LogP contribution in [0.3, 0.4) is 0 Å². The molecule has 0 bridgehead atoms. The topological polar surface area (TPSA) is 55.1 Å². The second-order valence-corrected chi connectivity index (χ2v) is 3.92. The molecule has 0 saturated carbocycles. The number of carbonyl (C=O) groups is 1. The Hall–Kier alpha value is -0.570. The highest BCUT2D eigenvalue weighted by Gasteiger charge is 2.13. The molecule has 0 saturated heterocycles. The lowest BCUT2D eigenvalue weighted by Gasteiger charge is -2.20. The highest BCUT2D eigenvalue weighted by atomic mass is 16.1. The quantitative estimate of drug-likeness (QED) is 0.679. The summed E-state index contributed by atoms with van der Waals surface area (Å²) in [5, 5.41) is 2.94. The van der Waals surface area contributed by atoms with Crippen molar-refractivity contribution < 1.29 is 4.79 Å². The van der Waals surface area contributed by atoms with Crippen molar-refractivity contribution in [3.63, 3.8) is 0 Å². The zero-order valence-corrected chi connectivity index (χ0v) is 9.13. The SMILES string of the molecule is CCC(C)C(C)NC(=O)CC(C)N. The van der Waals surface area contributed by atoms with Crippen molar-refractivity contribution in [3.8, 4) is 0 Å². The van der Waals surface area contributed by atoms with Crippen LogP contribution in [0.1, 0.15) is 40.5 Å². The summed E-state index contributed by atoms with van der Waals surface area (Å²) in [6.07, 6.45) is 1.50. The summed E-state index contributed by atoms with van der Waals surface area (Å²) in [4.78, 5) is 11.3. The third-order valence-electron chi connectivity index (χ3n) is 2.39. The van der Waals surface area contributed by atoms with Crippen LogP contribution in [0.15, 0.2) is 0 Å². The van der Waals surface area contributed by atoms with Gasteiger partial charge in [-0.05, 0) is 19.8 Å². The first kappa shape index (κ1) is 12.4. The molecular formula is C10H22N2O. The van der Waals surface area contributed by atoms with Gasteiger partial charge in [-0.15, -0.1) is 0 Å². The zero-order valence-electron chi connectivity index (χ0n) is 9.13. The number of nitrogens with two attached hydrogens (primary N) is 1. The highest BCUT2D eigenvalue weighted by Crippen LogP contribution is 2.06. The van der Waals surface area contributed by atoms with Gasteiger partial charge >= 0.3 is 0 Å². The van der Waals surface area contributed by atoms with Gasteiger partial charge in [-0.25, -0.2) is 0 Å². The lowest BCUT2D eigenvalue weighted by atomic mass is 10.0. The lowest BCUT2D eigenvalue weighted by molar-refractivity contribution is -0.122. The molecule has 3 nitrogen and oxygen atoms in total. The molecule has 0 spiro atoms. The highest BCUT2D eigenvalue weighted by molar-refractivity contribution is 5.76. The van der Waals surface area contributed by atoms with Crippen molar-refractivity contribution in [2.24, 2.45) is 11.7 Å². The average molecular weight is 186 g/mol. The molecule has 0 aliphatic rings. The Morgan fingerprint density at radius 2 is 1.92 bits per heavy atom. The molecule has 0 aromatic carbocycles. The fourth-order valence-electron chi connectivity index (χ4n) is 1.10. The fraction of sp³-hybridized carbons (Fsp3) is 0.900. The number of rotatable bonds is 5. The van der Waals surface area contributed by atoms with Crippen LogP contribution in [-0.2, 0) is 4.79 Å². The van der Waals surface area contributed by atoms with Crippen LogP contribution in [0.2, 0.25) is 0 Å². The van der Waals surface area contributed by atoms with Gasteiger partial charge in [-0.1, -0.05) is 20.3 Å². The zero-order chi connectivity index (χ0) is 10.4. The van der Waals surface area contributed by atoms with E-state index in [9.17, 15) is 4.79 Å². The van der Waals surface area contributed by atoms with E-state index in [4.69, 9.17) is 5.73 Å². The molecule has 0 radical (unpaired) electrons. The smallest absolute Gasteiger partial charge is 0.221 e. The van der Waals surface area contributed by atoms with Gasteiger partial charge in [0.25, 0.3) is 0 Å². The van der Waals surface area contributed by atoms with E-state index in [1.54, 1.807) is 0 Å². The van der Waals surface area contributed by atoms with Gasteiger partial charge in [-0.2, -0.15) is 0 Å². The summed E-state index contributed by atoms with van der Waals surface area (Å²) in [6.45, 7) is 8.14. The van der Waals surface area contributed by atoms with Gasteiger partial charge < -0.3 is 11.1 Å². The normalized spacial score (nSPS) is 17.6. The first-order valence-corrected chi connectivity index (χ1v) is 5.02. The van der Waals surface area contributed by atoms with Crippen LogP contribution in [0.25, 0.3) is 0 Å². The summed E-state index contributed by atoms with van der Waals surface area (Å²) in [5.41, 5.74) is 5.52. The van der Waals surface area contributed by atoms with E-state index in [-0.39, 0.29) is 18.0 Å². The molecule has 0 aliphatic carbocycles. The standard InChI is InChI=1S/C10H22N2O/c1-5-7(2)9(4)12-10(13)6-8(3)11/h7-9H,5-6,11H2,1-4H3,(H,12,13). The van der Waals surface area contributed by atoms with Gasteiger partial charge in [0.2, 0.25) is 5.91 Å². The maximum atomic E-state index is 11.3. The van der Waals surface area contributed by atoms with Crippen LogP contribution in [-0.4, -0.2) is 18.0 Å². The van der Waals surface area contributed by atoms with E-state index in [2.05, 4.69) is 19.2 Å². The monoisotopic (exact) mass is 186 g/mol. The Bertz CT molecular complexity index is 157. The second-order valence-electron chi connectivity index (χ2n) is 3.92. The molecule has 3 heteroatoms. The number of amides is 1. The van der Waals surface area contributed by atoms with Gasteiger partial charge in [0, 0.05) is 18.5 Å². The van der Waals surface area contributed by atoms with Crippen molar-refractivity contribution in [1.29, 1.82) is 0 Å². The molecule has 0 aliphatic heterocycles. The Morgan fingerprint density at radius 1 is 1.38 bits per heavy atom. The summed E-state index contributed by atoms with van der Waals surface area (Å²) >= 11 is 0. The molecule has 0 fully saturated rings. The minimum atomic E-state index is -0.0517. The minimum absolute atomic E-state index is 0.0517. The summed E-state index contributed by atoms with van der Waals surface area (Å²) in [7, 11) is 0. The first-order chi connectivity index (χ1) is 5.97. The summed E-state index contributed by atoms with van der Waals surface area (Å²) < 4.78 is 0. The molecule has 0 heterocycles. The molecule has 78 valence electrons. The van der Waals surface area contributed by atoms with Crippen molar-refractivity contribution in [3.05, 3.63) is 0 Å². The molecule has 3 N–H and O–H groups in total. The predicted molar refractivity (Wildman–Crippen MR) is 55.3 cm³/mol. The Kier molecular flexibility index (Phi) is 5.71. The van der Waals surface area contributed by atoms with E-state index >= 15 is 0 Å². The fourth-order valence-corrected chi connectivity index (χ4v) is 1.10. The maximum absolute atomic E-state index is 11.3. The summed E-state index contributed by atoms with van der Waals surface area (Å²) in [5.74, 6) is 0.583. The Morgan fingerprint density at radius 3 is 2.31 bits per heavy atom. The van der Waals surface area contributed by atoms with Crippen LogP contribution in [0.4, 0.5) is 0 Å². The maximum Gasteiger partial charge on any atom is 0.221 e. The lowest BCUT2D eigenvalue weighted by Crippen LogP contribution is -2.39. The number of hydrogen-bond donors (Lipinski definition) is 2. The predicted octanol–water partition coefficient (Wildman–Crippen LogP) is 1.27. The van der Waals surface area contributed by atoms with Crippen molar-refractivity contribution in [2.75, 3.05) is 0 Å². The second kappa shape index (κ2) is 5.97. The van der Waals surface area contributed by atoms with E-state index < -0.39 is 0 Å². The van der Waals surface area contributed by atoms with Crippen molar-refractivity contribution in [2.45, 2.75) is 52.6 Å². The van der Waals surface area contributed by atoms with E-state index in [1.165, 1.54) is 0 Å². The molecule has 3 unspecified atom stereocenters. The van der Waals surface area contributed by atoms with E-state index in [1.807, 2.05) is 13.8 Å². The van der Waals surface area contributed by atoms with Gasteiger partial charge in [0.1, 0.15) is 0 Å². The van der Waals surface area contributed by atoms with E-state index in [0.717, 1.165) is 6.42 Å². The van der Waals surface area contributed by atoms with Crippen LogP contribution in [0, 0.1) is 5.92 Å². The molecule has 0 aromatic rings.